The van der Waals surface area contributed by atoms with Crippen molar-refractivity contribution in [1.29, 1.82) is 0 Å². The predicted octanol–water partition coefficient (Wildman–Crippen LogP) is 3.55. The summed E-state index contributed by atoms with van der Waals surface area (Å²) in [6, 6.07) is 0.955. The first kappa shape index (κ1) is 14.3. The molecule has 2 aliphatic rings. The van der Waals surface area contributed by atoms with Gasteiger partial charge in [0.25, 0.3) is 0 Å². The minimum absolute atomic E-state index is 0.871. The van der Waals surface area contributed by atoms with Gasteiger partial charge in [-0.15, -0.1) is 0 Å². The van der Waals surface area contributed by atoms with Crippen LogP contribution >= 0.6 is 0 Å². The van der Waals surface area contributed by atoms with E-state index in [1.54, 1.807) is 0 Å². The number of unbranched alkanes of at least 4 members (excludes halogenated alkanes) is 4. The van der Waals surface area contributed by atoms with Crippen molar-refractivity contribution in [2.24, 2.45) is 11.7 Å². The van der Waals surface area contributed by atoms with Gasteiger partial charge in [-0.25, -0.2) is 0 Å². The lowest BCUT2D eigenvalue weighted by Crippen LogP contribution is -2.46. The van der Waals surface area contributed by atoms with Gasteiger partial charge in [-0.1, -0.05) is 32.1 Å². The Kier molecular flexibility index (Phi) is 6.50. The Hall–Kier alpha value is -0.0800. The van der Waals surface area contributed by atoms with Gasteiger partial charge in [0.1, 0.15) is 0 Å². The van der Waals surface area contributed by atoms with Crippen molar-refractivity contribution >= 4 is 0 Å². The molecule has 0 aromatic carbocycles. The molecule has 0 bridgehead atoms. The third kappa shape index (κ3) is 4.24. The maximum atomic E-state index is 5.53. The highest BCUT2D eigenvalue weighted by Crippen LogP contribution is 2.35. The SMILES string of the molecule is NCCCCCCCN1CCC[C@H]2CCCC[C@H]21. The number of nitrogens with two attached hydrogens (primary N) is 1. The molecule has 2 heteroatoms. The van der Waals surface area contributed by atoms with Crippen LogP contribution in [0.15, 0.2) is 0 Å². The van der Waals surface area contributed by atoms with Crippen LogP contribution in [0.5, 0.6) is 0 Å². The van der Waals surface area contributed by atoms with Crippen LogP contribution in [0.2, 0.25) is 0 Å². The van der Waals surface area contributed by atoms with Crippen molar-refractivity contribution < 1.29 is 0 Å². The van der Waals surface area contributed by atoms with Gasteiger partial charge in [0.15, 0.2) is 0 Å². The Balaban J connectivity index is 1.62. The fourth-order valence-electron chi connectivity index (χ4n) is 4.00. The molecule has 106 valence electrons. The molecule has 1 saturated heterocycles. The molecule has 1 aliphatic heterocycles. The van der Waals surface area contributed by atoms with Crippen molar-refractivity contribution in [2.75, 3.05) is 19.6 Å². The molecule has 2 nitrogen and oxygen atoms in total. The van der Waals surface area contributed by atoms with Gasteiger partial charge in [-0.3, -0.25) is 0 Å². The van der Waals surface area contributed by atoms with Crippen LogP contribution in [-0.4, -0.2) is 30.6 Å². The number of fused-ring (bicyclic) bond motifs is 1. The lowest BCUT2D eigenvalue weighted by Gasteiger charge is -2.44. The Labute approximate surface area is 113 Å². The zero-order valence-corrected chi connectivity index (χ0v) is 12.1. The highest BCUT2D eigenvalue weighted by Gasteiger charge is 2.32. The first-order valence-corrected chi connectivity index (χ1v) is 8.36. The van der Waals surface area contributed by atoms with Gasteiger partial charge in [0, 0.05) is 6.04 Å². The van der Waals surface area contributed by atoms with Crippen molar-refractivity contribution in [3.8, 4) is 0 Å². The largest absolute Gasteiger partial charge is 0.330 e. The van der Waals surface area contributed by atoms with Crippen LogP contribution in [0.1, 0.15) is 70.6 Å². The molecule has 0 amide bonds. The molecule has 0 spiro atoms. The van der Waals surface area contributed by atoms with Crippen molar-refractivity contribution in [3.63, 3.8) is 0 Å². The molecule has 2 rings (SSSR count). The maximum absolute atomic E-state index is 5.53. The Bertz CT molecular complexity index is 215. The molecule has 2 atom stereocenters. The Morgan fingerprint density at radius 2 is 1.56 bits per heavy atom. The first-order chi connectivity index (χ1) is 8.92. The predicted molar refractivity (Wildman–Crippen MR) is 78.7 cm³/mol. The van der Waals surface area contributed by atoms with E-state index in [0.29, 0.717) is 0 Å². The number of piperidine rings is 1. The lowest BCUT2D eigenvalue weighted by atomic mass is 9.78. The summed E-state index contributed by atoms with van der Waals surface area (Å²) in [7, 11) is 0. The van der Waals surface area contributed by atoms with Gasteiger partial charge >= 0.3 is 0 Å². The number of rotatable bonds is 7. The number of hydrogen-bond donors (Lipinski definition) is 1. The van der Waals surface area contributed by atoms with E-state index < -0.39 is 0 Å². The fraction of sp³-hybridized carbons (Fsp3) is 1.00. The van der Waals surface area contributed by atoms with Crippen LogP contribution in [0.25, 0.3) is 0 Å². The topological polar surface area (TPSA) is 29.3 Å². The fourth-order valence-corrected chi connectivity index (χ4v) is 4.00. The standard InChI is InChI=1S/C16H32N2/c17-12-6-2-1-3-7-13-18-14-8-10-15-9-4-5-11-16(15)18/h15-16H,1-14,17H2/t15-,16-/m1/s1. The van der Waals surface area contributed by atoms with E-state index in [4.69, 9.17) is 5.73 Å². The summed E-state index contributed by atoms with van der Waals surface area (Å²) in [6.45, 7) is 3.61. The van der Waals surface area contributed by atoms with Crippen LogP contribution < -0.4 is 5.73 Å². The lowest BCUT2D eigenvalue weighted by molar-refractivity contribution is 0.0595. The normalized spacial score (nSPS) is 29.2. The van der Waals surface area contributed by atoms with Crippen LogP contribution in [0.4, 0.5) is 0 Å². The first-order valence-electron chi connectivity index (χ1n) is 8.36. The summed E-state index contributed by atoms with van der Waals surface area (Å²) in [5, 5.41) is 0. The van der Waals surface area contributed by atoms with Crippen molar-refractivity contribution in [1.82, 2.24) is 4.90 Å². The van der Waals surface area contributed by atoms with Gasteiger partial charge in [0.05, 0.1) is 0 Å². The molecule has 0 unspecified atom stereocenters. The number of nitrogens with zero attached hydrogens (tertiary/aromatic N) is 1. The second-order valence-electron chi connectivity index (χ2n) is 6.35. The zero-order valence-electron chi connectivity index (χ0n) is 12.1. The molecule has 2 fully saturated rings. The zero-order chi connectivity index (χ0) is 12.6. The molecule has 0 aromatic heterocycles. The van der Waals surface area contributed by atoms with Crippen LogP contribution in [0, 0.1) is 5.92 Å². The smallest absolute Gasteiger partial charge is 0.0123 e. The monoisotopic (exact) mass is 252 g/mol. The average molecular weight is 252 g/mol. The average Bonchev–Trinajstić information content (AvgIpc) is 2.43. The van der Waals surface area contributed by atoms with Crippen molar-refractivity contribution in [3.05, 3.63) is 0 Å². The molecular weight excluding hydrogens is 220 g/mol. The summed E-state index contributed by atoms with van der Waals surface area (Å²) < 4.78 is 0. The molecule has 2 N–H and O–H groups in total. The summed E-state index contributed by atoms with van der Waals surface area (Å²) in [4.78, 5) is 2.83. The number of likely N-dealkylation sites (tertiary alicyclic amines) is 1. The minimum atomic E-state index is 0.871. The van der Waals surface area contributed by atoms with Crippen LogP contribution in [-0.2, 0) is 0 Å². The molecule has 1 saturated carbocycles. The minimum Gasteiger partial charge on any atom is -0.330 e. The highest BCUT2D eigenvalue weighted by molar-refractivity contribution is 4.87. The maximum Gasteiger partial charge on any atom is 0.0123 e. The molecule has 0 radical (unpaired) electrons. The molecular formula is C16H32N2. The van der Waals surface area contributed by atoms with E-state index in [9.17, 15) is 0 Å². The Morgan fingerprint density at radius 3 is 2.44 bits per heavy atom. The summed E-state index contributed by atoms with van der Waals surface area (Å²) in [5.74, 6) is 1.05. The van der Waals surface area contributed by atoms with Crippen molar-refractivity contribution in [2.45, 2.75) is 76.7 Å². The molecule has 0 aromatic rings. The third-order valence-electron chi connectivity index (χ3n) is 5.01. The van der Waals surface area contributed by atoms with Crippen LogP contribution in [0.3, 0.4) is 0 Å². The van der Waals surface area contributed by atoms with E-state index in [-0.39, 0.29) is 0 Å². The molecule has 1 aliphatic carbocycles. The summed E-state index contributed by atoms with van der Waals surface area (Å²) >= 11 is 0. The third-order valence-corrected chi connectivity index (χ3v) is 5.01. The second-order valence-corrected chi connectivity index (χ2v) is 6.35. The summed E-state index contributed by atoms with van der Waals surface area (Å²) in [5.41, 5.74) is 5.53. The molecule has 1 heterocycles. The van der Waals surface area contributed by atoms with E-state index in [1.165, 1.54) is 83.7 Å². The highest BCUT2D eigenvalue weighted by atomic mass is 15.2. The molecule has 18 heavy (non-hydrogen) atoms. The van der Waals surface area contributed by atoms with E-state index in [2.05, 4.69) is 4.90 Å². The summed E-state index contributed by atoms with van der Waals surface area (Å²) in [6.07, 6.45) is 15.7. The van der Waals surface area contributed by atoms with Gasteiger partial charge in [-0.05, 0) is 64.1 Å². The van der Waals surface area contributed by atoms with Gasteiger partial charge in [-0.2, -0.15) is 0 Å². The van der Waals surface area contributed by atoms with E-state index in [1.807, 2.05) is 0 Å². The Morgan fingerprint density at radius 1 is 0.833 bits per heavy atom. The second kappa shape index (κ2) is 8.16. The quantitative estimate of drug-likeness (QED) is 0.702. The van der Waals surface area contributed by atoms with E-state index in [0.717, 1.165) is 18.5 Å². The van der Waals surface area contributed by atoms with Gasteiger partial charge in [0.2, 0.25) is 0 Å². The number of hydrogen-bond acceptors (Lipinski definition) is 2. The van der Waals surface area contributed by atoms with E-state index >= 15 is 0 Å². The van der Waals surface area contributed by atoms with Gasteiger partial charge < -0.3 is 10.6 Å².